The summed E-state index contributed by atoms with van der Waals surface area (Å²) < 4.78 is 15.6. The summed E-state index contributed by atoms with van der Waals surface area (Å²) >= 11 is 5.81. The monoisotopic (exact) mass is 292 g/mol. The van der Waals surface area contributed by atoms with Gasteiger partial charge in [-0.15, -0.1) is 0 Å². The Morgan fingerprint density at radius 2 is 1.70 bits per heavy atom. The zero-order valence-electron chi connectivity index (χ0n) is 11.1. The van der Waals surface area contributed by atoms with Crippen molar-refractivity contribution < 1.29 is 19.0 Å². The number of hydrogen-bond acceptors (Lipinski definition) is 4. The second-order valence-corrected chi connectivity index (χ2v) is 4.35. The highest BCUT2D eigenvalue weighted by Crippen LogP contribution is 2.32. The van der Waals surface area contributed by atoms with Crippen molar-refractivity contribution in [2.75, 3.05) is 14.2 Å². The Morgan fingerprint density at radius 3 is 2.30 bits per heavy atom. The summed E-state index contributed by atoms with van der Waals surface area (Å²) in [6, 6.07) is 11.8. The molecule has 0 aliphatic carbocycles. The number of rotatable bonds is 4. The van der Waals surface area contributed by atoms with Crippen LogP contribution in [0.15, 0.2) is 42.5 Å². The molecule has 0 fully saturated rings. The van der Waals surface area contributed by atoms with Crippen molar-refractivity contribution in [3.63, 3.8) is 0 Å². The number of ether oxygens (including phenoxy) is 3. The maximum Gasteiger partial charge on any atom is 0.337 e. The van der Waals surface area contributed by atoms with Gasteiger partial charge in [0.2, 0.25) is 0 Å². The van der Waals surface area contributed by atoms with Crippen LogP contribution in [0.3, 0.4) is 0 Å². The fraction of sp³-hybridized carbons (Fsp3) is 0.133. The third-order valence-electron chi connectivity index (χ3n) is 2.63. The molecule has 0 spiro atoms. The third-order valence-corrected chi connectivity index (χ3v) is 2.88. The topological polar surface area (TPSA) is 44.8 Å². The molecule has 0 radical (unpaired) electrons. The van der Waals surface area contributed by atoms with E-state index in [-0.39, 0.29) is 0 Å². The van der Waals surface area contributed by atoms with E-state index in [0.717, 1.165) is 0 Å². The molecule has 4 nitrogen and oxygen atoms in total. The van der Waals surface area contributed by atoms with Crippen molar-refractivity contribution in [2.24, 2.45) is 0 Å². The number of benzene rings is 2. The molecule has 0 unspecified atom stereocenters. The molecule has 2 aromatic rings. The SMILES string of the molecule is COC(=O)c1ccc(Oc2ccc(Cl)cc2)c(OC)c1. The molecule has 0 N–H and O–H groups in total. The lowest BCUT2D eigenvalue weighted by atomic mass is 10.2. The van der Waals surface area contributed by atoms with E-state index in [9.17, 15) is 4.79 Å². The van der Waals surface area contributed by atoms with Crippen molar-refractivity contribution in [1.82, 2.24) is 0 Å². The molecule has 0 atom stereocenters. The predicted molar refractivity (Wildman–Crippen MR) is 75.9 cm³/mol. The molecule has 0 aliphatic heterocycles. The van der Waals surface area contributed by atoms with Crippen LogP contribution in [0.2, 0.25) is 5.02 Å². The van der Waals surface area contributed by atoms with Gasteiger partial charge in [0.25, 0.3) is 0 Å². The summed E-state index contributed by atoms with van der Waals surface area (Å²) in [5, 5.41) is 0.630. The van der Waals surface area contributed by atoms with Gasteiger partial charge in [0.05, 0.1) is 19.8 Å². The Morgan fingerprint density at radius 1 is 1.00 bits per heavy atom. The van der Waals surface area contributed by atoms with Crippen molar-refractivity contribution in [1.29, 1.82) is 0 Å². The lowest BCUT2D eigenvalue weighted by Crippen LogP contribution is -2.02. The quantitative estimate of drug-likeness (QED) is 0.801. The zero-order valence-corrected chi connectivity index (χ0v) is 11.8. The molecule has 2 aromatic carbocycles. The average molecular weight is 293 g/mol. The van der Waals surface area contributed by atoms with Crippen molar-refractivity contribution in [2.45, 2.75) is 0 Å². The Hall–Kier alpha value is -2.20. The Balaban J connectivity index is 2.27. The number of hydrogen-bond donors (Lipinski definition) is 0. The molecule has 104 valence electrons. The van der Waals surface area contributed by atoms with Gasteiger partial charge in [-0.3, -0.25) is 0 Å². The summed E-state index contributed by atoms with van der Waals surface area (Å²) in [4.78, 5) is 11.5. The Kier molecular flexibility index (Phi) is 4.48. The van der Waals surface area contributed by atoms with Crippen LogP contribution in [-0.4, -0.2) is 20.2 Å². The van der Waals surface area contributed by atoms with Crippen LogP contribution >= 0.6 is 11.6 Å². The molecule has 0 saturated heterocycles. The van der Waals surface area contributed by atoms with E-state index >= 15 is 0 Å². The number of esters is 1. The first-order valence-electron chi connectivity index (χ1n) is 5.84. The van der Waals surface area contributed by atoms with Gasteiger partial charge in [0.15, 0.2) is 11.5 Å². The van der Waals surface area contributed by atoms with Crippen molar-refractivity contribution in [3.8, 4) is 17.2 Å². The van der Waals surface area contributed by atoms with E-state index in [1.54, 1.807) is 42.5 Å². The number of halogens is 1. The van der Waals surface area contributed by atoms with E-state index in [1.165, 1.54) is 14.2 Å². The zero-order chi connectivity index (χ0) is 14.5. The van der Waals surface area contributed by atoms with Crippen LogP contribution in [0.4, 0.5) is 0 Å². The minimum Gasteiger partial charge on any atom is -0.493 e. The maximum absolute atomic E-state index is 11.5. The molecule has 0 aliphatic rings. The van der Waals surface area contributed by atoms with Gasteiger partial charge in [-0.2, -0.15) is 0 Å². The van der Waals surface area contributed by atoms with Crippen molar-refractivity contribution in [3.05, 3.63) is 53.1 Å². The van der Waals surface area contributed by atoms with Crippen LogP contribution in [0, 0.1) is 0 Å². The number of methoxy groups -OCH3 is 2. The van der Waals surface area contributed by atoms with Crippen molar-refractivity contribution >= 4 is 17.6 Å². The molecular weight excluding hydrogens is 280 g/mol. The molecule has 5 heteroatoms. The van der Waals surface area contributed by atoms with E-state index in [4.69, 9.17) is 21.1 Å². The smallest absolute Gasteiger partial charge is 0.337 e. The van der Waals surface area contributed by atoms with Crippen LogP contribution < -0.4 is 9.47 Å². The first-order chi connectivity index (χ1) is 9.63. The standard InChI is InChI=1S/C15H13ClO4/c1-18-14-9-10(15(17)19-2)3-8-13(14)20-12-6-4-11(16)5-7-12/h3-9H,1-2H3. The van der Waals surface area contributed by atoms with Gasteiger partial charge in [-0.05, 0) is 42.5 Å². The van der Waals surface area contributed by atoms with Gasteiger partial charge in [0, 0.05) is 5.02 Å². The molecule has 0 bridgehead atoms. The normalized spacial score (nSPS) is 9.95. The van der Waals surface area contributed by atoms with Crippen LogP contribution in [0.25, 0.3) is 0 Å². The second-order valence-electron chi connectivity index (χ2n) is 3.91. The van der Waals surface area contributed by atoms with Crippen LogP contribution in [0.1, 0.15) is 10.4 Å². The fourth-order valence-electron chi connectivity index (χ4n) is 1.63. The van der Waals surface area contributed by atoms with Crippen LogP contribution in [-0.2, 0) is 4.74 Å². The third kappa shape index (κ3) is 3.22. The number of carbonyl (C=O) groups is 1. The van der Waals surface area contributed by atoms with Gasteiger partial charge >= 0.3 is 5.97 Å². The van der Waals surface area contributed by atoms with Crippen LogP contribution in [0.5, 0.6) is 17.2 Å². The molecule has 2 rings (SSSR count). The summed E-state index contributed by atoms with van der Waals surface area (Å²) in [5.41, 5.74) is 0.396. The van der Waals surface area contributed by atoms with E-state index in [1.807, 2.05) is 0 Å². The Bertz CT molecular complexity index is 608. The maximum atomic E-state index is 11.5. The molecular formula is C15H13ClO4. The van der Waals surface area contributed by atoms with Gasteiger partial charge in [0.1, 0.15) is 5.75 Å². The highest BCUT2D eigenvalue weighted by Gasteiger charge is 2.11. The summed E-state index contributed by atoms with van der Waals surface area (Å²) in [5.74, 6) is 1.14. The summed E-state index contributed by atoms with van der Waals surface area (Å²) in [7, 11) is 2.83. The molecule has 0 heterocycles. The molecule has 0 aromatic heterocycles. The minimum absolute atomic E-state index is 0.396. The molecule has 0 saturated carbocycles. The highest BCUT2D eigenvalue weighted by atomic mass is 35.5. The van der Waals surface area contributed by atoms with Gasteiger partial charge in [-0.25, -0.2) is 4.79 Å². The lowest BCUT2D eigenvalue weighted by Gasteiger charge is -2.11. The first kappa shape index (κ1) is 14.2. The van der Waals surface area contributed by atoms with Gasteiger partial charge < -0.3 is 14.2 Å². The number of carbonyl (C=O) groups excluding carboxylic acids is 1. The predicted octanol–water partition coefficient (Wildman–Crippen LogP) is 3.93. The lowest BCUT2D eigenvalue weighted by molar-refractivity contribution is 0.0600. The molecule has 20 heavy (non-hydrogen) atoms. The highest BCUT2D eigenvalue weighted by molar-refractivity contribution is 6.30. The average Bonchev–Trinajstić information content (AvgIpc) is 2.49. The molecule has 0 amide bonds. The largest absolute Gasteiger partial charge is 0.493 e. The second kappa shape index (κ2) is 6.30. The minimum atomic E-state index is -0.429. The Labute approximate surface area is 121 Å². The van der Waals surface area contributed by atoms with E-state index in [2.05, 4.69) is 4.74 Å². The first-order valence-corrected chi connectivity index (χ1v) is 6.21. The van der Waals surface area contributed by atoms with Gasteiger partial charge in [-0.1, -0.05) is 11.6 Å². The van der Waals surface area contributed by atoms with E-state index < -0.39 is 5.97 Å². The van der Waals surface area contributed by atoms with E-state index in [0.29, 0.717) is 27.8 Å². The fourth-order valence-corrected chi connectivity index (χ4v) is 1.75. The summed E-state index contributed by atoms with van der Waals surface area (Å²) in [6.07, 6.45) is 0. The summed E-state index contributed by atoms with van der Waals surface area (Å²) in [6.45, 7) is 0.